The van der Waals surface area contributed by atoms with E-state index in [1.54, 1.807) is 28.2 Å². The van der Waals surface area contributed by atoms with Crippen LogP contribution in [0.5, 0.6) is 0 Å². The summed E-state index contributed by atoms with van der Waals surface area (Å²) < 4.78 is 0. The minimum absolute atomic E-state index is 0. The molecule has 0 atom stereocenters. The standard InChI is InChI=1S/C32H27N2P.2C2H6N.Ti/c1-4-16-28(17-5-1)33-31-22-12-10-14-26(31)24-35(30-20-8-3-9-21-30)25-27-15-11-13-23-32(27)34-29-18-6-2-7-19-29;2*1-3-2;/h1-23H,24-25H2;2*1-2H3;/q-2;2*-1;+4/p+1. The van der Waals surface area contributed by atoms with Crippen LogP contribution in [0.2, 0.25) is 0 Å². The van der Waals surface area contributed by atoms with E-state index in [1.807, 2.05) is 36.4 Å². The number of rotatable bonds is 9. The Balaban J connectivity index is 0.000000813. The minimum atomic E-state index is -0.974. The number of hydrogen-bond donors (Lipinski definition) is 0. The largest absolute Gasteiger partial charge is 4.00 e. The molecule has 0 saturated heterocycles. The molecule has 0 aliphatic rings. The predicted molar refractivity (Wildman–Crippen MR) is 183 cm³/mol. The minimum Gasteiger partial charge on any atom is -0.668 e. The SMILES string of the molecule is C[N-]C.C[N-]C.[Ti+4].c1ccc([N-]c2ccccc2C[PH+](Cc2ccccc2[N-]c2ccccc2)c2ccccc2)cc1. The van der Waals surface area contributed by atoms with E-state index >= 15 is 0 Å². The maximum atomic E-state index is 4.97. The Bertz CT molecular complexity index is 1300. The van der Waals surface area contributed by atoms with Crippen LogP contribution in [0.15, 0.2) is 140 Å². The number of hydrogen-bond acceptors (Lipinski definition) is 0. The molecule has 0 radical (unpaired) electrons. The van der Waals surface area contributed by atoms with Crippen LogP contribution in [0.3, 0.4) is 0 Å². The van der Waals surface area contributed by atoms with Crippen molar-refractivity contribution < 1.29 is 21.7 Å². The Labute approximate surface area is 269 Å². The summed E-state index contributed by atoms with van der Waals surface area (Å²) in [6.45, 7) is 0. The number of nitrogens with zero attached hydrogens (tertiary/aromatic N) is 4. The van der Waals surface area contributed by atoms with Gasteiger partial charge in [0.15, 0.2) is 0 Å². The number of benzene rings is 5. The van der Waals surface area contributed by atoms with Crippen molar-refractivity contribution in [3.05, 3.63) is 172 Å². The number of para-hydroxylation sites is 4. The monoisotopic (exact) mass is 607 g/mol. The molecular formula is C36H40N4PTi+. The van der Waals surface area contributed by atoms with E-state index in [1.165, 1.54) is 16.4 Å². The summed E-state index contributed by atoms with van der Waals surface area (Å²) in [4.78, 5) is 0. The third kappa shape index (κ3) is 11.9. The quantitative estimate of drug-likeness (QED) is 0.118. The average Bonchev–Trinajstić information content (AvgIpc) is 3.01. The van der Waals surface area contributed by atoms with Gasteiger partial charge in [-0.05, 0) is 23.3 Å². The molecule has 0 heterocycles. The first-order valence-corrected chi connectivity index (χ1v) is 15.6. The third-order valence-electron chi connectivity index (χ3n) is 5.98. The molecule has 0 aliphatic heterocycles. The van der Waals surface area contributed by atoms with Crippen LogP contribution in [-0.4, -0.2) is 28.2 Å². The van der Waals surface area contributed by atoms with Gasteiger partial charge in [0.1, 0.15) is 0 Å². The molecule has 6 heteroatoms. The summed E-state index contributed by atoms with van der Waals surface area (Å²) >= 11 is 0. The topological polar surface area (TPSA) is 56.4 Å². The van der Waals surface area contributed by atoms with Crippen molar-refractivity contribution in [3.63, 3.8) is 0 Å². The molecule has 0 unspecified atom stereocenters. The molecule has 0 amide bonds. The zero-order chi connectivity index (χ0) is 29.1. The van der Waals surface area contributed by atoms with E-state index < -0.39 is 7.92 Å². The van der Waals surface area contributed by atoms with Gasteiger partial charge >= 0.3 is 21.7 Å². The second-order valence-corrected chi connectivity index (χ2v) is 11.9. The van der Waals surface area contributed by atoms with Gasteiger partial charge in [-0.25, -0.2) is 0 Å². The van der Waals surface area contributed by atoms with Gasteiger partial charge in [0, 0.05) is 7.92 Å². The molecule has 212 valence electrons. The maximum Gasteiger partial charge on any atom is 4.00 e. The van der Waals surface area contributed by atoms with Gasteiger partial charge < -0.3 is 21.3 Å². The molecule has 0 saturated carbocycles. The molecule has 0 aliphatic carbocycles. The Kier molecular flexibility index (Phi) is 17.2. The zero-order valence-corrected chi connectivity index (χ0v) is 27.5. The Hall–Kier alpha value is -3.24. The van der Waals surface area contributed by atoms with Crippen molar-refractivity contribution in [2.45, 2.75) is 12.3 Å². The summed E-state index contributed by atoms with van der Waals surface area (Å²) in [5.74, 6) is 0. The predicted octanol–water partition coefficient (Wildman–Crippen LogP) is 10.8. The van der Waals surface area contributed by atoms with Crippen LogP contribution in [-0.2, 0) is 34.0 Å². The molecule has 42 heavy (non-hydrogen) atoms. The van der Waals surface area contributed by atoms with E-state index in [9.17, 15) is 0 Å². The zero-order valence-electron chi connectivity index (χ0n) is 25.0. The van der Waals surface area contributed by atoms with Crippen LogP contribution in [0.25, 0.3) is 21.3 Å². The molecular weight excluding hydrogens is 567 g/mol. The van der Waals surface area contributed by atoms with Crippen molar-refractivity contribution in [1.82, 2.24) is 0 Å². The molecule has 5 rings (SSSR count). The molecule has 0 N–H and O–H groups in total. The summed E-state index contributed by atoms with van der Waals surface area (Å²) in [6.07, 6.45) is 2.00. The first kappa shape index (κ1) is 35.0. The summed E-state index contributed by atoms with van der Waals surface area (Å²) in [5.41, 5.74) is 6.68. The molecule has 0 bridgehead atoms. The Morgan fingerprint density at radius 1 is 0.429 bits per heavy atom. The normalized spacial score (nSPS) is 9.83. The third-order valence-corrected chi connectivity index (χ3v) is 8.75. The molecule has 5 aromatic rings. The van der Waals surface area contributed by atoms with Crippen molar-refractivity contribution in [1.29, 1.82) is 0 Å². The smallest absolute Gasteiger partial charge is 0.668 e. The van der Waals surface area contributed by atoms with E-state index in [0.29, 0.717) is 0 Å². The van der Waals surface area contributed by atoms with Crippen molar-refractivity contribution in [2.75, 3.05) is 28.2 Å². The van der Waals surface area contributed by atoms with Gasteiger partial charge in [0.2, 0.25) is 0 Å². The van der Waals surface area contributed by atoms with Crippen molar-refractivity contribution in [2.24, 2.45) is 0 Å². The van der Waals surface area contributed by atoms with Gasteiger partial charge in [-0.1, -0.05) is 127 Å². The summed E-state index contributed by atoms with van der Waals surface area (Å²) in [7, 11) is 6.03. The van der Waals surface area contributed by atoms with E-state index in [2.05, 4.69) is 114 Å². The van der Waals surface area contributed by atoms with Crippen LogP contribution in [0, 0.1) is 0 Å². The maximum absolute atomic E-state index is 4.97. The van der Waals surface area contributed by atoms with Gasteiger partial charge in [0.05, 0.1) is 17.6 Å². The van der Waals surface area contributed by atoms with Gasteiger partial charge in [-0.15, -0.1) is 22.7 Å². The first-order valence-electron chi connectivity index (χ1n) is 13.7. The fourth-order valence-electron chi connectivity index (χ4n) is 4.22. The average molecular weight is 608 g/mol. The second kappa shape index (κ2) is 20.6. The first-order chi connectivity index (χ1) is 20.2. The fraction of sp³-hybridized carbons (Fsp3) is 0.167. The second-order valence-electron chi connectivity index (χ2n) is 9.37. The van der Waals surface area contributed by atoms with Gasteiger partial charge in [-0.3, -0.25) is 0 Å². The fourth-order valence-corrected chi connectivity index (χ4v) is 6.94. The van der Waals surface area contributed by atoms with Crippen LogP contribution < -0.4 is 5.30 Å². The Morgan fingerprint density at radius 3 is 1.12 bits per heavy atom. The molecule has 5 aromatic carbocycles. The molecule has 0 aromatic heterocycles. The van der Waals surface area contributed by atoms with Gasteiger partial charge in [-0.2, -0.15) is 28.2 Å². The van der Waals surface area contributed by atoms with Crippen molar-refractivity contribution in [3.8, 4) is 0 Å². The molecule has 0 fully saturated rings. The Morgan fingerprint density at radius 2 is 0.738 bits per heavy atom. The van der Waals surface area contributed by atoms with Crippen LogP contribution in [0.4, 0.5) is 22.7 Å². The van der Waals surface area contributed by atoms with Crippen molar-refractivity contribution >= 4 is 36.0 Å². The molecule has 4 nitrogen and oxygen atoms in total. The molecule has 0 spiro atoms. The van der Waals surface area contributed by atoms with E-state index in [0.717, 1.165) is 35.1 Å². The summed E-state index contributed by atoms with van der Waals surface area (Å²) in [5, 5.41) is 18.4. The van der Waals surface area contributed by atoms with Crippen LogP contribution in [0.1, 0.15) is 11.1 Å². The van der Waals surface area contributed by atoms with Crippen LogP contribution >= 0.6 is 7.92 Å². The summed E-state index contributed by atoms with van der Waals surface area (Å²) in [6, 6.07) is 48.5. The van der Waals surface area contributed by atoms with E-state index in [4.69, 9.17) is 10.6 Å². The van der Waals surface area contributed by atoms with Gasteiger partial charge in [0.25, 0.3) is 0 Å². The van der Waals surface area contributed by atoms with E-state index in [-0.39, 0.29) is 21.7 Å².